The van der Waals surface area contributed by atoms with Crippen molar-refractivity contribution in [2.75, 3.05) is 11.5 Å². The summed E-state index contributed by atoms with van der Waals surface area (Å²) < 4.78 is 43.3. The van der Waals surface area contributed by atoms with Crippen molar-refractivity contribution in [1.82, 2.24) is 4.90 Å². The van der Waals surface area contributed by atoms with E-state index < -0.39 is 27.8 Å². The molecule has 8 heteroatoms. The third-order valence-electron chi connectivity index (χ3n) is 4.96. The van der Waals surface area contributed by atoms with Gasteiger partial charge < -0.3 is 9.64 Å². The van der Waals surface area contributed by atoms with Crippen molar-refractivity contribution >= 4 is 27.3 Å². The molecule has 1 heterocycles. The maximum absolute atomic E-state index is 13.6. The third kappa shape index (κ3) is 5.48. The molecule has 156 valence electrons. The molecule has 1 amide bonds. The molecule has 1 aliphatic rings. The average Bonchev–Trinajstić information content (AvgIpc) is 3.02. The van der Waals surface area contributed by atoms with Gasteiger partial charge in [-0.1, -0.05) is 23.7 Å². The summed E-state index contributed by atoms with van der Waals surface area (Å²) in [6.45, 7) is 3.57. The first-order chi connectivity index (χ1) is 13.6. The summed E-state index contributed by atoms with van der Waals surface area (Å²) >= 11 is 6.03. The number of rotatable bonds is 6. The highest BCUT2D eigenvalue weighted by Crippen LogP contribution is 2.25. The molecule has 1 fully saturated rings. The molecule has 1 saturated heterocycles. The van der Waals surface area contributed by atoms with E-state index in [2.05, 4.69) is 0 Å². The van der Waals surface area contributed by atoms with Gasteiger partial charge in [0.25, 0.3) is 5.91 Å². The quantitative estimate of drug-likeness (QED) is 0.687. The fraction of sp³-hybridized carbons (Fsp3) is 0.381. The highest BCUT2D eigenvalue weighted by molar-refractivity contribution is 7.91. The maximum Gasteiger partial charge on any atom is 0.263 e. The minimum Gasteiger partial charge on any atom is -0.481 e. The Bertz CT molecular complexity index is 1010. The summed E-state index contributed by atoms with van der Waals surface area (Å²) in [5.74, 6) is -0.312. The number of halogens is 2. The van der Waals surface area contributed by atoms with Crippen LogP contribution in [0, 0.1) is 12.7 Å². The first kappa shape index (κ1) is 21.6. The van der Waals surface area contributed by atoms with Gasteiger partial charge in [0, 0.05) is 17.6 Å². The number of benzene rings is 2. The highest BCUT2D eigenvalue weighted by atomic mass is 35.5. The Morgan fingerprint density at radius 1 is 1.31 bits per heavy atom. The van der Waals surface area contributed by atoms with Gasteiger partial charge in [-0.3, -0.25) is 4.79 Å². The van der Waals surface area contributed by atoms with Gasteiger partial charge in [-0.2, -0.15) is 0 Å². The van der Waals surface area contributed by atoms with Crippen molar-refractivity contribution in [3.8, 4) is 5.75 Å². The number of hydrogen-bond donors (Lipinski definition) is 0. The lowest BCUT2D eigenvalue weighted by Gasteiger charge is -2.31. The van der Waals surface area contributed by atoms with Gasteiger partial charge in [0.15, 0.2) is 15.9 Å². The first-order valence-corrected chi connectivity index (χ1v) is 11.5. The molecule has 5 nitrogen and oxygen atoms in total. The summed E-state index contributed by atoms with van der Waals surface area (Å²) in [7, 11) is -3.19. The maximum atomic E-state index is 13.6. The molecule has 2 aromatic carbocycles. The van der Waals surface area contributed by atoms with Crippen LogP contribution in [0.15, 0.2) is 42.5 Å². The second-order valence-corrected chi connectivity index (χ2v) is 9.96. The van der Waals surface area contributed by atoms with Gasteiger partial charge >= 0.3 is 0 Å². The van der Waals surface area contributed by atoms with Crippen LogP contribution in [-0.4, -0.2) is 42.9 Å². The van der Waals surface area contributed by atoms with E-state index in [0.29, 0.717) is 22.8 Å². The van der Waals surface area contributed by atoms with E-state index in [-0.39, 0.29) is 24.0 Å². The number of nitrogens with zero attached hydrogens (tertiary/aromatic N) is 1. The zero-order valence-electron chi connectivity index (χ0n) is 16.3. The SMILES string of the molecule is Cc1cc(O[C@H](C)C(=O)N(Cc2cccc(F)c2)[C@@H]2CCS(=O)(=O)C2)ccc1Cl. The number of aryl methyl sites for hydroxylation is 1. The van der Waals surface area contributed by atoms with E-state index in [1.807, 2.05) is 6.92 Å². The Morgan fingerprint density at radius 2 is 2.07 bits per heavy atom. The van der Waals surface area contributed by atoms with Crippen LogP contribution in [-0.2, 0) is 21.2 Å². The minimum absolute atomic E-state index is 0.0379. The molecule has 0 N–H and O–H groups in total. The molecule has 0 unspecified atom stereocenters. The fourth-order valence-electron chi connectivity index (χ4n) is 3.42. The van der Waals surface area contributed by atoms with Gasteiger partial charge in [-0.25, -0.2) is 12.8 Å². The van der Waals surface area contributed by atoms with Crippen molar-refractivity contribution < 1.29 is 22.3 Å². The standard InChI is InChI=1S/C21H23ClFNO4S/c1-14-10-19(6-7-20(14)22)28-15(2)21(25)24(18-8-9-29(26,27)13-18)12-16-4-3-5-17(23)11-16/h3-7,10-11,15,18H,8-9,12-13H2,1-2H3/t15-,18-/m1/s1. The van der Waals surface area contributed by atoms with Crippen molar-refractivity contribution in [3.63, 3.8) is 0 Å². The smallest absolute Gasteiger partial charge is 0.263 e. The Kier molecular flexibility index (Phi) is 6.49. The summed E-state index contributed by atoms with van der Waals surface area (Å²) in [4.78, 5) is 14.7. The summed E-state index contributed by atoms with van der Waals surface area (Å²) in [5, 5.41) is 0.597. The average molecular weight is 440 g/mol. The van der Waals surface area contributed by atoms with Gasteiger partial charge in [0.05, 0.1) is 11.5 Å². The summed E-state index contributed by atoms with van der Waals surface area (Å²) in [6.07, 6.45) is -0.483. The van der Waals surface area contributed by atoms with Crippen LogP contribution in [0.5, 0.6) is 5.75 Å². The van der Waals surface area contributed by atoms with Crippen molar-refractivity contribution in [3.05, 3.63) is 64.4 Å². The predicted octanol–water partition coefficient (Wildman–Crippen LogP) is 3.77. The van der Waals surface area contributed by atoms with Crippen molar-refractivity contribution in [1.29, 1.82) is 0 Å². The molecule has 2 aromatic rings. The molecule has 0 spiro atoms. The lowest BCUT2D eigenvalue weighted by atomic mass is 10.1. The van der Waals surface area contributed by atoms with E-state index in [1.165, 1.54) is 17.0 Å². The normalized spacial score (nSPS) is 19.0. The van der Waals surface area contributed by atoms with Crippen LogP contribution in [0.4, 0.5) is 4.39 Å². The van der Waals surface area contributed by atoms with Crippen LogP contribution >= 0.6 is 11.6 Å². The monoisotopic (exact) mass is 439 g/mol. The van der Waals surface area contributed by atoms with Crippen LogP contribution < -0.4 is 4.74 Å². The molecule has 3 rings (SSSR count). The number of sulfone groups is 1. The summed E-state index contributed by atoms with van der Waals surface area (Å²) in [5.41, 5.74) is 1.42. The Morgan fingerprint density at radius 3 is 2.69 bits per heavy atom. The van der Waals surface area contributed by atoms with Crippen LogP contribution in [0.3, 0.4) is 0 Å². The first-order valence-electron chi connectivity index (χ1n) is 9.33. The molecule has 29 heavy (non-hydrogen) atoms. The van der Waals surface area contributed by atoms with Crippen molar-refractivity contribution in [2.24, 2.45) is 0 Å². The molecule has 0 radical (unpaired) electrons. The Hall–Kier alpha value is -2.12. The van der Waals surface area contributed by atoms with Gasteiger partial charge in [-0.05, 0) is 61.7 Å². The van der Waals surface area contributed by atoms with Gasteiger partial charge in [-0.15, -0.1) is 0 Å². The molecule has 0 saturated carbocycles. The highest BCUT2D eigenvalue weighted by Gasteiger charge is 2.36. The fourth-order valence-corrected chi connectivity index (χ4v) is 5.27. The minimum atomic E-state index is -3.19. The summed E-state index contributed by atoms with van der Waals surface area (Å²) in [6, 6.07) is 10.6. The van der Waals surface area contributed by atoms with Crippen LogP contribution in [0.2, 0.25) is 5.02 Å². The number of amides is 1. The predicted molar refractivity (Wildman–Crippen MR) is 110 cm³/mol. The number of carbonyl (C=O) groups is 1. The molecule has 0 aliphatic carbocycles. The lowest BCUT2D eigenvalue weighted by Crippen LogP contribution is -2.46. The van der Waals surface area contributed by atoms with E-state index in [4.69, 9.17) is 16.3 Å². The largest absolute Gasteiger partial charge is 0.481 e. The molecule has 1 aliphatic heterocycles. The molecular formula is C21H23ClFNO4S. The topological polar surface area (TPSA) is 63.7 Å². The van der Waals surface area contributed by atoms with Gasteiger partial charge in [0.2, 0.25) is 0 Å². The molecular weight excluding hydrogens is 417 g/mol. The van der Waals surface area contributed by atoms with Crippen LogP contribution in [0.1, 0.15) is 24.5 Å². The van der Waals surface area contributed by atoms with E-state index in [1.54, 1.807) is 37.3 Å². The van der Waals surface area contributed by atoms with E-state index in [0.717, 1.165) is 5.56 Å². The van der Waals surface area contributed by atoms with E-state index in [9.17, 15) is 17.6 Å². The van der Waals surface area contributed by atoms with Crippen molar-refractivity contribution in [2.45, 2.75) is 39.0 Å². The Balaban J connectivity index is 1.81. The second-order valence-electron chi connectivity index (χ2n) is 7.32. The second kappa shape index (κ2) is 8.71. The van der Waals surface area contributed by atoms with Crippen LogP contribution in [0.25, 0.3) is 0 Å². The third-order valence-corrected chi connectivity index (χ3v) is 7.14. The molecule has 0 bridgehead atoms. The lowest BCUT2D eigenvalue weighted by molar-refractivity contribution is -0.140. The molecule has 0 aromatic heterocycles. The van der Waals surface area contributed by atoms with Gasteiger partial charge in [0.1, 0.15) is 11.6 Å². The Labute approximate surface area is 175 Å². The zero-order valence-corrected chi connectivity index (χ0v) is 17.8. The number of ether oxygens (including phenoxy) is 1. The molecule has 2 atom stereocenters. The van der Waals surface area contributed by atoms with E-state index >= 15 is 0 Å². The number of hydrogen-bond acceptors (Lipinski definition) is 4. The zero-order chi connectivity index (χ0) is 21.2. The number of carbonyl (C=O) groups excluding carboxylic acids is 1.